The molecule has 5 heteroatoms. The van der Waals surface area contributed by atoms with Crippen molar-refractivity contribution in [1.82, 2.24) is 10.6 Å². The Hall–Kier alpha value is -2.69. The first-order valence-corrected chi connectivity index (χ1v) is 9.56. The van der Waals surface area contributed by atoms with Gasteiger partial charge in [-0.05, 0) is 36.1 Å². The third-order valence-corrected chi connectivity index (χ3v) is 4.73. The van der Waals surface area contributed by atoms with Crippen LogP contribution >= 0.6 is 0 Å². The quantitative estimate of drug-likeness (QED) is 0.810. The van der Waals surface area contributed by atoms with Crippen molar-refractivity contribution in [2.45, 2.75) is 39.3 Å². The number of carbonyl (C=O) groups excluding carboxylic acids is 1. The van der Waals surface area contributed by atoms with Gasteiger partial charge in [0.05, 0.1) is 25.3 Å². The number of rotatable bonds is 5. The summed E-state index contributed by atoms with van der Waals surface area (Å²) < 4.78 is 11.5. The monoisotopic (exact) mass is 368 g/mol. The van der Waals surface area contributed by atoms with E-state index in [2.05, 4.69) is 24.5 Å². The van der Waals surface area contributed by atoms with Crippen molar-refractivity contribution in [3.8, 4) is 11.5 Å². The van der Waals surface area contributed by atoms with E-state index in [1.165, 1.54) is 0 Å². The van der Waals surface area contributed by atoms with E-state index in [4.69, 9.17) is 9.47 Å². The van der Waals surface area contributed by atoms with Crippen molar-refractivity contribution in [2.24, 2.45) is 5.92 Å². The Kier molecular flexibility index (Phi) is 6.22. The minimum absolute atomic E-state index is 0.0669. The van der Waals surface area contributed by atoms with Crippen LogP contribution in [0.4, 0.5) is 4.79 Å². The maximum Gasteiger partial charge on any atom is 0.315 e. The van der Waals surface area contributed by atoms with Crippen LogP contribution in [-0.4, -0.2) is 19.2 Å². The van der Waals surface area contributed by atoms with Crippen LogP contribution < -0.4 is 20.1 Å². The highest BCUT2D eigenvalue weighted by Crippen LogP contribution is 2.34. The first-order valence-electron chi connectivity index (χ1n) is 9.56. The minimum atomic E-state index is -0.183. The Labute approximate surface area is 161 Å². The Morgan fingerprint density at radius 3 is 2.30 bits per heavy atom. The number of benzene rings is 2. The van der Waals surface area contributed by atoms with Crippen LogP contribution in [0.2, 0.25) is 0 Å². The summed E-state index contributed by atoms with van der Waals surface area (Å²) in [6.07, 6.45) is 0.871. The summed E-state index contributed by atoms with van der Waals surface area (Å²) in [5, 5.41) is 6.13. The number of carbonyl (C=O) groups is 1. The standard InChI is InChI=1S/C22H28N2O3/c1-15(2)21(18-10-11-19-20(14-18)27-13-7-12-26-19)24-22(25)23-16(3)17-8-5-4-6-9-17/h4-6,8-11,14-16,21H,7,12-13H2,1-3H3,(H2,23,24,25)/t16-,21+/m0/s1. The second-order valence-corrected chi connectivity index (χ2v) is 7.23. The van der Waals surface area contributed by atoms with Crippen molar-refractivity contribution >= 4 is 6.03 Å². The second kappa shape index (κ2) is 8.80. The van der Waals surface area contributed by atoms with Gasteiger partial charge >= 0.3 is 6.03 Å². The number of fused-ring (bicyclic) bond motifs is 1. The zero-order valence-electron chi connectivity index (χ0n) is 16.2. The molecule has 1 aliphatic rings. The van der Waals surface area contributed by atoms with E-state index >= 15 is 0 Å². The van der Waals surface area contributed by atoms with Crippen LogP contribution in [0.15, 0.2) is 48.5 Å². The summed E-state index contributed by atoms with van der Waals surface area (Å²) in [4.78, 5) is 12.6. The first kappa shape index (κ1) is 19.1. The average molecular weight is 368 g/mol. The van der Waals surface area contributed by atoms with Crippen molar-refractivity contribution in [3.05, 3.63) is 59.7 Å². The molecule has 0 saturated heterocycles. The van der Waals surface area contributed by atoms with E-state index in [-0.39, 0.29) is 24.0 Å². The predicted octanol–water partition coefficient (Wildman–Crippen LogP) is 4.61. The highest BCUT2D eigenvalue weighted by molar-refractivity contribution is 5.75. The molecule has 0 spiro atoms. The van der Waals surface area contributed by atoms with Gasteiger partial charge in [-0.3, -0.25) is 0 Å². The molecule has 1 aliphatic heterocycles. The van der Waals surface area contributed by atoms with Crippen molar-refractivity contribution in [3.63, 3.8) is 0 Å². The Balaban J connectivity index is 1.70. The number of hydrogen-bond acceptors (Lipinski definition) is 3. The molecule has 2 aromatic carbocycles. The van der Waals surface area contributed by atoms with Crippen LogP contribution in [0.5, 0.6) is 11.5 Å². The van der Waals surface area contributed by atoms with Crippen molar-refractivity contribution in [2.75, 3.05) is 13.2 Å². The number of urea groups is 1. The lowest BCUT2D eigenvalue weighted by Crippen LogP contribution is -2.40. The third-order valence-electron chi connectivity index (χ3n) is 4.73. The molecule has 0 saturated carbocycles. The summed E-state index contributed by atoms with van der Waals surface area (Å²) in [5.74, 6) is 1.74. The highest BCUT2D eigenvalue weighted by atomic mass is 16.5. The van der Waals surface area contributed by atoms with E-state index in [1.807, 2.05) is 55.5 Å². The molecule has 2 aromatic rings. The lowest BCUT2D eigenvalue weighted by atomic mass is 9.95. The molecular formula is C22H28N2O3. The Morgan fingerprint density at radius 2 is 1.59 bits per heavy atom. The molecule has 2 atom stereocenters. The summed E-state index contributed by atoms with van der Waals surface area (Å²) in [6, 6.07) is 15.5. The van der Waals surface area contributed by atoms with E-state index in [1.54, 1.807) is 0 Å². The van der Waals surface area contributed by atoms with Gasteiger partial charge in [0.15, 0.2) is 11.5 Å². The van der Waals surface area contributed by atoms with Crippen LogP contribution in [0, 0.1) is 5.92 Å². The number of ether oxygens (including phenoxy) is 2. The molecule has 144 valence electrons. The van der Waals surface area contributed by atoms with Crippen LogP contribution in [0.25, 0.3) is 0 Å². The van der Waals surface area contributed by atoms with Gasteiger partial charge in [0, 0.05) is 6.42 Å². The maximum atomic E-state index is 12.6. The molecule has 5 nitrogen and oxygen atoms in total. The molecule has 3 rings (SSSR count). The molecule has 0 bridgehead atoms. The van der Waals surface area contributed by atoms with Gasteiger partial charge in [0.2, 0.25) is 0 Å². The van der Waals surface area contributed by atoms with Gasteiger partial charge in [0.25, 0.3) is 0 Å². The predicted molar refractivity (Wildman–Crippen MR) is 106 cm³/mol. The summed E-state index contributed by atoms with van der Waals surface area (Å²) in [7, 11) is 0. The largest absolute Gasteiger partial charge is 0.490 e. The molecule has 2 N–H and O–H groups in total. The Bertz CT molecular complexity index is 761. The molecule has 27 heavy (non-hydrogen) atoms. The van der Waals surface area contributed by atoms with Gasteiger partial charge in [-0.15, -0.1) is 0 Å². The molecular weight excluding hydrogens is 340 g/mol. The molecule has 0 unspecified atom stereocenters. The fraction of sp³-hybridized carbons (Fsp3) is 0.409. The zero-order valence-corrected chi connectivity index (χ0v) is 16.2. The fourth-order valence-electron chi connectivity index (χ4n) is 3.21. The lowest BCUT2D eigenvalue weighted by Gasteiger charge is -2.25. The second-order valence-electron chi connectivity index (χ2n) is 7.23. The fourth-order valence-corrected chi connectivity index (χ4v) is 3.21. The number of amides is 2. The topological polar surface area (TPSA) is 59.6 Å². The zero-order chi connectivity index (χ0) is 19.2. The van der Waals surface area contributed by atoms with E-state index < -0.39 is 0 Å². The van der Waals surface area contributed by atoms with Gasteiger partial charge in [-0.1, -0.05) is 50.2 Å². The summed E-state index contributed by atoms with van der Waals surface area (Å²) in [6.45, 7) is 7.47. The number of hydrogen-bond donors (Lipinski definition) is 2. The van der Waals surface area contributed by atoms with E-state index in [0.29, 0.717) is 13.2 Å². The van der Waals surface area contributed by atoms with Gasteiger partial charge in [-0.2, -0.15) is 0 Å². The lowest BCUT2D eigenvalue weighted by molar-refractivity contribution is 0.230. The number of nitrogens with one attached hydrogen (secondary N) is 2. The van der Waals surface area contributed by atoms with Crippen LogP contribution in [-0.2, 0) is 0 Å². The average Bonchev–Trinajstić information content (AvgIpc) is 2.91. The minimum Gasteiger partial charge on any atom is -0.490 e. The van der Waals surface area contributed by atoms with Gasteiger partial charge < -0.3 is 20.1 Å². The smallest absolute Gasteiger partial charge is 0.315 e. The van der Waals surface area contributed by atoms with Crippen LogP contribution in [0.1, 0.15) is 50.4 Å². The maximum absolute atomic E-state index is 12.6. The molecule has 0 radical (unpaired) electrons. The SMILES string of the molecule is CC(C)[C@@H](NC(=O)N[C@@H](C)c1ccccc1)c1ccc2c(c1)OCCCO2. The molecule has 0 aliphatic carbocycles. The van der Waals surface area contributed by atoms with Gasteiger partial charge in [-0.25, -0.2) is 4.79 Å². The summed E-state index contributed by atoms with van der Waals surface area (Å²) in [5.41, 5.74) is 2.08. The summed E-state index contributed by atoms with van der Waals surface area (Å²) >= 11 is 0. The molecule has 0 fully saturated rings. The van der Waals surface area contributed by atoms with E-state index in [0.717, 1.165) is 29.0 Å². The van der Waals surface area contributed by atoms with Crippen molar-refractivity contribution in [1.29, 1.82) is 0 Å². The molecule has 1 heterocycles. The van der Waals surface area contributed by atoms with Gasteiger partial charge in [0.1, 0.15) is 0 Å². The van der Waals surface area contributed by atoms with E-state index in [9.17, 15) is 4.79 Å². The first-order chi connectivity index (χ1) is 13.0. The Morgan fingerprint density at radius 1 is 0.889 bits per heavy atom. The van der Waals surface area contributed by atoms with Crippen LogP contribution in [0.3, 0.4) is 0 Å². The molecule has 0 aromatic heterocycles. The third kappa shape index (κ3) is 4.94. The highest BCUT2D eigenvalue weighted by Gasteiger charge is 2.22. The normalized spacial score (nSPS) is 15.6. The van der Waals surface area contributed by atoms with Crippen molar-refractivity contribution < 1.29 is 14.3 Å². The molecule has 2 amide bonds.